The van der Waals surface area contributed by atoms with Crippen LogP contribution in [0.4, 0.5) is 19.0 Å². The van der Waals surface area contributed by atoms with E-state index >= 15 is 0 Å². The van der Waals surface area contributed by atoms with Crippen LogP contribution in [-0.2, 0) is 0 Å². The summed E-state index contributed by atoms with van der Waals surface area (Å²) in [6, 6.07) is 0.561. The largest absolute Gasteiger partial charge is 0.489 e. The van der Waals surface area contributed by atoms with Crippen LogP contribution in [0, 0.1) is 16.1 Å². The number of rotatable bonds is 3. The molecule has 1 aromatic rings. The summed E-state index contributed by atoms with van der Waals surface area (Å²) in [5.74, 6) is -3.01. The van der Waals surface area contributed by atoms with Gasteiger partial charge in [-0.3, -0.25) is 0 Å². The van der Waals surface area contributed by atoms with E-state index in [0.717, 1.165) is 7.11 Å². The second-order valence-electron chi connectivity index (χ2n) is 2.45. The van der Waals surface area contributed by atoms with Crippen LogP contribution in [0.15, 0.2) is 6.07 Å². The van der Waals surface area contributed by atoms with Gasteiger partial charge in [0.2, 0.25) is 5.75 Å². The van der Waals surface area contributed by atoms with E-state index in [2.05, 4.69) is 9.72 Å². The number of aromatic nitrogens is 1. The number of hydrogen-bond donors (Lipinski definition) is 0. The van der Waals surface area contributed by atoms with Gasteiger partial charge in [-0.1, -0.05) is 0 Å². The lowest BCUT2D eigenvalue weighted by atomic mass is 10.2. The van der Waals surface area contributed by atoms with Crippen LogP contribution in [0.2, 0.25) is 0 Å². The number of pyridine rings is 1. The van der Waals surface area contributed by atoms with Gasteiger partial charge in [-0.2, -0.15) is 4.39 Å². The summed E-state index contributed by atoms with van der Waals surface area (Å²) < 4.78 is 41.6. The summed E-state index contributed by atoms with van der Waals surface area (Å²) >= 11 is 0. The van der Waals surface area contributed by atoms with Gasteiger partial charge in [0, 0.05) is 6.07 Å². The Hall–Kier alpha value is -1.86. The Morgan fingerprint density at radius 1 is 1.60 bits per heavy atom. The zero-order valence-corrected chi connectivity index (χ0v) is 7.41. The van der Waals surface area contributed by atoms with Crippen LogP contribution in [0.5, 0.6) is 5.75 Å². The zero-order chi connectivity index (χ0) is 11.6. The van der Waals surface area contributed by atoms with Gasteiger partial charge in [0.1, 0.15) is 5.56 Å². The molecule has 0 spiro atoms. The SMILES string of the molecule is COc1cc(C(F)F)c(F)nc1[N+](=O)[O-]. The molecule has 8 heteroatoms. The molecule has 0 aliphatic carbocycles. The van der Waals surface area contributed by atoms with Gasteiger partial charge in [-0.25, -0.2) is 8.78 Å². The van der Waals surface area contributed by atoms with Crippen molar-refractivity contribution >= 4 is 5.82 Å². The predicted molar refractivity (Wildman–Crippen MR) is 42.4 cm³/mol. The highest BCUT2D eigenvalue weighted by molar-refractivity contribution is 5.42. The summed E-state index contributed by atoms with van der Waals surface area (Å²) in [6.45, 7) is 0. The van der Waals surface area contributed by atoms with Crippen molar-refractivity contribution in [1.82, 2.24) is 4.98 Å². The molecule has 1 aromatic heterocycles. The molecule has 1 rings (SSSR count). The van der Waals surface area contributed by atoms with Gasteiger partial charge in [0.15, 0.2) is 0 Å². The Morgan fingerprint density at radius 2 is 2.20 bits per heavy atom. The number of alkyl halides is 2. The number of ether oxygens (including phenoxy) is 1. The molecule has 0 saturated carbocycles. The van der Waals surface area contributed by atoms with Crippen molar-refractivity contribution in [3.05, 3.63) is 27.7 Å². The number of nitro groups is 1. The Labute approximate surface area is 81.6 Å². The maximum absolute atomic E-state index is 12.8. The van der Waals surface area contributed by atoms with Gasteiger partial charge in [0.05, 0.1) is 7.11 Å². The molecule has 0 amide bonds. The first kappa shape index (κ1) is 11.2. The number of halogens is 3. The highest BCUT2D eigenvalue weighted by atomic mass is 19.3. The third-order valence-electron chi connectivity index (χ3n) is 1.58. The number of nitrogens with zero attached hydrogens (tertiary/aromatic N) is 2. The molecule has 0 fully saturated rings. The minimum atomic E-state index is -3.10. The first-order valence-electron chi connectivity index (χ1n) is 3.64. The summed E-state index contributed by atoms with van der Waals surface area (Å²) in [5.41, 5.74) is -1.03. The van der Waals surface area contributed by atoms with Crippen LogP contribution >= 0.6 is 0 Å². The van der Waals surface area contributed by atoms with Gasteiger partial charge in [-0.15, -0.1) is 0 Å². The molecule has 0 saturated heterocycles. The lowest BCUT2D eigenvalue weighted by Crippen LogP contribution is -2.02. The normalized spacial score (nSPS) is 10.5. The lowest BCUT2D eigenvalue weighted by Gasteiger charge is -2.03. The zero-order valence-electron chi connectivity index (χ0n) is 7.41. The Kier molecular flexibility index (Phi) is 3.08. The maximum Gasteiger partial charge on any atom is 0.409 e. The molecule has 0 radical (unpaired) electrons. The molecular weight excluding hydrogens is 217 g/mol. The molecule has 82 valence electrons. The second-order valence-corrected chi connectivity index (χ2v) is 2.45. The summed E-state index contributed by atoms with van der Waals surface area (Å²) in [4.78, 5) is 12.1. The molecule has 0 atom stereocenters. The van der Waals surface area contributed by atoms with Crippen molar-refractivity contribution in [3.63, 3.8) is 0 Å². The van der Waals surface area contributed by atoms with Gasteiger partial charge < -0.3 is 14.9 Å². The van der Waals surface area contributed by atoms with E-state index in [1.807, 2.05) is 0 Å². The average Bonchev–Trinajstić information content (AvgIpc) is 2.16. The van der Waals surface area contributed by atoms with Crippen molar-refractivity contribution < 1.29 is 22.8 Å². The molecule has 0 aromatic carbocycles. The minimum absolute atomic E-state index is 0.503. The van der Waals surface area contributed by atoms with Gasteiger partial charge in [-0.05, 0) is 9.91 Å². The monoisotopic (exact) mass is 222 g/mol. The topological polar surface area (TPSA) is 65.3 Å². The molecule has 0 unspecified atom stereocenters. The third kappa shape index (κ3) is 2.14. The van der Waals surface area contributed by atoms with E-state index in [0.29, 0.717) is 6.07 Å². The van der Waals surface area contributed by atoms with Crippen molar-refractivity contribution in [2.24, 2.45) is 0 Å². The van der Waals surface area contributed by atoms with E-state index < -0.39 is 34.4 Å². The quantitative estimate of drug-likeness (QED) is 0.446. The molecule has 0 aliphatic heterocycles. The summed E-state index contributed by atoms with van der Waals surface area (Å²) in [6.07, 6.45) is -3.10. The average molecular weight is 222 g/mol. The highest BCUT2D eigenvalue weighted by Gasteiger charge is 2.26. The molecule has 0 bridgehead atoms. The molecule has 0 N–H and O–H groups in total. The predicted octanol–water partition coefficient (Wildman–Crippen LogP) is 2.08. The fraction of sp³-hybridized carbons (Fsp3) is 0.286. The molecule has 15 heavy (non-hydrogen) atoms. The lowest BCUT2D eigenvalue weighted by molar-refractivity contribution is -0.390. The Bertz CT molecular complexity index is 397. The van der Waals surface area contributed by atoms with E-state index in [1.165, 1.54) is 0 Å². The smallest absolute Gasteiger partial charge is 0.409 e. The van der Waals surface area contributed by atoms with Crippen molar-refractivity contribution in [1.29, 1.82) is 0 Å². The highest BCUT2D eigenvalue weighted by Crippen LogP contribution is 2.31. The Balaban J connectivity index is 3.35. The minimum Gasteiger partial charge on any atom is -0.489 e. The first-order chi connectivity index (χ1) is 6.97. The van der Waals surface area contributed by atoms with Crippen LogP contribution in [0.3, 0.4) is 0 Å². The number of hydrogen-bond acceptors (Lipinski definition) is 4. The van der Waals surface area contributed by atoms with Gasteiger partial charge >= 0.3 is 11.8 Å². The first-order valence-corrected chi connectivity index (χ1v) is 3.64. The summed E-state index contributed by atoms with van der Waals surface area (Å²) in [7, 11) is 1.04. The molecule has 0 aliphatic rings. The third-order valence-corrected chi connectivity index (χ3v) is 1.58. The van der Waals surface area contributed by atoms with Crippen molar-refractivity contribution in [2.45, 2.75) is 6.43 Å². The van der Waals surface area contributed by atoms with E-state index in [4.69, 9.17) is 0 Å². The standard InChI is InChI=1S/C7H5F3N2O3/c1-15-4-2-3(5(8)9)6(10)11-7(4)12(13)14/h2,5H,1H3. The van der Waals surface area contributed by atoms with Crippen molar-refractivity contribution in [2.75, 3.05) is 7.11 Å². The second kappa shape index (κ2) is 4.11. The fourth-order valence-electron chi connectivity index (χ4n) is 0.912. The van der Waals surface area contributed by atoms with Crippen LogP contribution < -0.4 is 4.74 Å². The van der Waals surface area contributed by atoms with E-state index in [1.54, 1.807) is 0 Å². The maximum atomic E-state index is 12.8. The fourth-order valence-corrected chi connectivity index (χ4v) is 0.912. The molecular formula is C7H5F3N2O3. The number of methoxy groups -OCH3 is 1. The van der Waals surface area contributed by atoms with Crippen LogP contribution in [0.1, 0.15) is 12.0 Å². The van der Waals surface area contributed by atoms with Crippen molar-refractivity contribution in [3.8, 4) is 5.75 Å². The summed E-state index contributed by atoms with van der Waals surface area (Å²) in [5, 5.41) is 10.3. The Morgan fingerprint density at radius 3 is 2.60 bits per heavy atom. The molecule has 5 nitrogen and oxygen atoms in total. The van der Waals surface area contributed by atoms with E-state index in [-0.39, 0.29) is 0 Å². The van der Waals surface area contributed by atoms with E-state index in [9.17, 15) is 23.3 Å². The van der Waals surface area contributed by atoms with Crippen LogP contribution in [0.25, 0.3) is 0 Å². The van der Waals surface area contributed by atoms with Gasteiger partial charge in [0.25, 0.3) is 6.43 Å². The molecule has 1 heterocycles. The van der Waals surface area contributed by atoms with Crippen LogP contribution in [-0.4, -0.2) is 17.0 Å².